The first kappa shape index (κ1) is 19.9. The first-order valence-electron chi connectivity index (χ1n) is 9.32. The van der Waals surface area contributed by atoms with E-state index < -0.39 is 27.3 Å². The molecule has 0 aromatic heterocycles. The summed E-state index contributed by atoms with van der Waals surface area (Å²) in [5.41, 5.74) is -0.495. The second-order valence-corrected chi connectivity index (χ2v) is 10.6. The van der Waals surface area contributed by atoms with Gasteiger partial charge in [0.1, 0.15) is 17.7 Å². The van der Waals surface area contributed by atoms with Crippen molar-refractivity contribution in [2.45, 2.75) is 43.8 Å². The van der Waals surface area contributed by atoms with Crippen molar-refractivity contribution in [3.8, 4) is 5.75 Å². The summed E-state index contributed by atoms with van der Waals surface area (Å²) in [5, 5.41) is 0.0790. The van der Waals surface area contributed by atoms with Crippen molar-refractivity contribution in [3.63, 3.8) is 0 Å². The lowest BCUT2D eigenvalue weighted by Gasteiger charge is -2.58. The molecule has 28 heavy (non-hydrogen) atoms. The van der Waals surface area contributed by atoms with Crippen LogP contribution in [-0.2, 0) is 14.8 Å². The summed E-state index contributed by atoms with van der Waals surface area (Å²) in [7, 11) is -2.03. The Morgan fingerprint density at radius 1 is 1.25 bits per heavy atom. The first-order valence-corrected chi connectivity index (χ1v) is 11.6. The summed E-state index contributed by atoms with van der Waals surface area (Å²) in [6.45, 7) is 0. The van der Waals surface area contributed by atoms with Crippen molar-refractivity contribution in [1.82, 2.24) is 4.72 Å². The maximum Gasteiger partial charge on any atom is 0.267 e. The summed E-state index contributed by atoms with van der Waals surface area (Å²) < 4.78 is 50.6. The number of benzene rings is 1. The van der Waals surface area contributed by atoms with Crippen LogP contribution in [0.25, 0.3) is 0 Å². The minimum Gasteiger partial charge on any atom is -0.488 e. The number of carbonyl (C=O) groups excluding carboxylic acids is 1. The monoisotopic (exact) mass is 431 g/mol. The molecule has 0 aliphatic heterocycles. The number of halogens is 2. The van der Waals surface area contributed by atoms with Gasteiger partial charge in [0.05, 0.1) is 22.4 Å². The normalized spacial score (nSPS) is 33.7. The van der Waals surface area contributed by atoms with Gasteiger partial charge in [-0.3, -0.25) is 4.79 Å². The molecule has 4 aliphatic carbocycles. The Labute approximate surface area is 168 Å². The third kappa shape index (κ3) is 3.62. The van der Waals surface area contributed by atoms with E-state index in [1.165, 1.54) is 0 Å². The number of hydrogen-bond donors (Lipinski definition) is 1. The Bertz CT molecular complexity index is 905. The van der Waals surface area contributed by atoms with Crippen LogP contribution in [0.1, 0.15) is 42.5 Å². The van der Waals surface area contributed by atoms with Gasteiger partial charge in [0.2, 0.25) is 10.0 Å². The minimum absolute atomic E-state index is 0.0566. The van der Waals surface area contributed by atoms with Gasteiger partial charge in [-0.05, 0) is 55.9 Å². The van der Waals surface area contributed by atoms with Gasteiger partial charge in [-0.1, -0.05) is 11.6 Å². The molecule has 1 aromatic carbocycles. The molecule has 0 saturated heterocycles. The number of sulfonamides is 1. The minimum atomic E-state index is -3.81. The molecular weight excluding hydrogens is 409 g/mol. The molecule has 1 N–H and O–H groups in total. The topological polar surface area (TPSA) is 81.7 Å². The standard InChI is InChI=1S/C19H23ClFNO5S/c1-26-19-7-10-3-11(8-19)17(12(4-10)9-19)27-16-6-15(21)13(5-14(16)20)18(23)22-28(2,24)25/h5-6,10-12,17H,3-4,7-9H2,1-2H3,(H,22,23)/t10?,11-,12-,17?,19?/m0/s1. The molecule has 9 heteroatoms. The van der Waals surface area contributed by atoms with Crippen molar-refractivity contribution in [2.75, 3.05) is 13.4 Å². The predicted octanol–water partition coefficient (Wildman–Crippen LogP) is 3.14. The molecule has 0 unspecified atom stereocenters. The second kappa shape index (κ2) is 6.85. The maximum atomic E-state index is 14.5. The van der Waals surface area contributed by atoms with Crippen LogP contribution in [0.15, 0.2) is 12.1 Å². The highest BCUT2D eigenvalue weighted by Gasteiger charge is 2.56. The SMILES string of the molecule is COC12CC3C[C@@H](C1)C(Oc1cc(F)c(C(=O)NS(C)(=O)=O)cc1Cl)[C@@H](C3)C2. The summed E-state index contributed by atoms with van der Waals surface area (Å²) in [4.78, 5) is 12.0. The average Bonchev–Trinajstić information content (AvgIpc) is 2.58. The molecule has 4 fully saturated rings. The van der Waals surface area contributed by atoms with Gasteiger partial charge < -0.3 is 9.47 Å². The summed E-state index contributed by atoms with van der Waals surface area (Å²) in [5.74, 6) is -0.453. The molecule has 2 atom stereocenters. The van der Waals surface area contributed by atoms with E-state index in [9.17, 15) is 17.6 Å². The number of amides is 1. The number of nitrogens with one attached hydrogen (secondary N) is 1. The number of methoxy groups -OCH3 is 1. The van der Waals surface area contributed by atoms with Crippen LogP contribution in [0.3, 0.4) is 0 Å². The van der Waals surface area contributed by atoms with Gasteiger partial charge in [0.25, 0.3) is 5.91 Å². The van der Waals surface area contributed by atoms with Crippen LogP contribution in [0.2, 0.25) is 5.02 Å². The highest BCUT2D eigenvalue weighted by atomic mass is 35.5. The van der Waals surface area contributed by atoms with Gasteiger partial charge >= 0.3 is 0 Å². The van der Waals surface area contributed by atoms with Gasteiger partial charge in [0.15, 0.2) is 0 Å². The fourth-order valence-corrected chi connectivity index (χ4v) is 6.16. The lowest BCUT2D eigenvalue weighted by molar-refractivity contribution is -0.182. The highest BCUT2D eigenvalue weighted by molar-refractivity contribution is 7.89. The van der Waals surface area contributed by atoms with Crippen LogP contribution in [0.4, 0.5) is 4.39 Å². The average molecular weight is 432 g/mol. The fourth-order valence-electron chi connectivity index (χ4n) is 5.51. The van der Waals surface area contributed by atoms with E-state index in [1.807, 2.05) is 0 Å². The zero-order valence-corrected chi connectivity index (χ0v) is 17.3. The zero-order valence-electron chi connectivity index (χ0n) is 15.7. The van der Waals surface area contributed by atoms with Gasteiger partial charge in [-0.2, -0.15) is 0 Å². The quantitative estimate of drug-likeness (QED) is 0.774. The lowest BCUT2D eigenvalue weighted by Crippen LogP contribution is -2.59. The fraction of sp³-hybridized carbons (Fsp3) is 0.632. The van der Waals surface area contributed by atoms with E-state index >= 15 is 0 Å². The Kier molecular flexibility index (Phi) is 4.87. The molecule has 6 nitrogen and oxygen atoms in total. The van der Waals surface area contributed by atoms with Crippen molar-refractivity contribution in [2.24, 2.45) is 17.8 Å². The molecule has 5 rings (SSSR count). The lowest BCUT2D eigenvalue weighted by atomic mass is 9.53. The van der Waals surface area contributed by atoms with E-state index in [0.717, 1.165) is 50.5 Å². The van der Waals surface area contributed by atoms with Crippen molar-refractivity contribution in [1.29, 1.82) is 0 Å². The van der Waals surface area contributed by atoms with Crippen molar-refractivity contribution >= 4 is 27.5 Å². The maximum absolute atomic E-state index is 14.5. The Hall–Kier alpha value is -1.38. The van der Waals surface area contributed by atoms with Crippen LogP contribution in [0, 0.1) is 23.6 Å². The van der Waals surface area contributed by atoms with Crippen LogP contribution in [0.5, 0.6) is 5.75 Å². The molecule has 0 spiro atoms. The van der Waals surface area contributed by atoms with E-state index in [4.69, 9.17) is 21.1 Å². The number of hydrogen-bond acceptors (Lipinski definition) is 5. The Morgan fingerprint density at radius 3 is 2.46 bits per heavy atom. The molecule has 0 heterocycles. The Morgan fingerprint density at radius 2 is 1.89 bits per heavy atom. The van der Waals surface area contributed by atoms with E-state index in [0.29, 0.717) is 17.8 Å². The smallest absolute Gasteiger partial charge is 0.267 e. The van der Waals surface area contributed by atoms with E-state index in [-0.39, 0.29) is 22.5 Å². The van der Waals surface area contributed by atoms with Gasteiger partial charge in [-0.15, -0.1) is 0 Å². The summed E-state index contributed by atoms with van der Waals surface area (Å²) >= 11 is 6.24. The number of rotatable bonds is 5. The molecule has 0 radical (unpaired) electrons. The second-order valence-electron chi connectivity index (χ2n) is 8.41. The Balaban J connectivity index is 1.55. The zero-order chi connectivity index (χ0) is 20.3. The van der Waals surface area contributed by atoms with Crippen molar-refractivity contribution in [3.05, 3.63) is 28.5 Å². The van der Waals surface area contributed by atoms with E-state index in [1.54, 1.807) is 11.8 Å². The predicted molar refractivity (Wildman–Crippen MR) is 101 cm³/mol. The molecule has 1 aromatic rings. The molecule has 1 amide bonds. The van der Waals surface area contributed by atoms with Crippen LogP contribution in [-0.4, -0.2) is 39.4 Å². The largest absolute Gasteiger partial charge is 0.488 e. The third-order valence-electron chi connectivity index (χ3n) is 6.37. The third-order valence-corrected chi connectivity index (χ3v) is 7.22. The summed E-state index contributed by atoms with van der Waals surface area (Å²) in [6, 6.07) is 2.18. The van der Waals surface area contributed by atoms with E-state index in [2.05, 4.69) is 0 Å². The molecule has 154 valence electrons. The van der Waals surface area contributed by atoms with Gasteiger partial charge in [-0.25, -0.2) is 17.5 Å². The van der Waals surface area contributed by atoms with Crippen molar-refractivity contribution < 1.29 is 27.1 Å². The first-order chi connectivity index (χ1) is 13.1. The number of ether oxygens (including phenoxy) is 2. The van der Waals surface area contributed by atoms with Gasteiger partial charge in [0, 0.05) is 13.2 Å². The van der Waals surface area contributed by atoms with Crippen LogP contribution < -0.4 is 9.46 Å². The number of carbonyl (C=O) groups is 1. The molecular formula is C19H23ClFNO5S. The highest BCUT2D eigenvalue weighted by Crippen LogP contribution is 2.58. The summed E-state index contributed by atoms with van der Waals surface area (Å²) in [6.07, 6.45) is 5.85. The van der Waals surface area contributed by atoms with Crippen LogP contribution >= 0.6 is 11.6 Å². The molecule has 4 aliphatic rings. The molecule has 4 bridgehead atoms. The molecule has 4 saturated carbocycles.